The molecule has 11 nitrogen and oxygen atoms in total. The predicted octanol–water partition coefficient (Wildman–Crippen LogP) is -0.327. The summed E-state index contributed by atoms with van der Waals surface area (Å²) >= 11 is 0. The van der Waals surface area contributed by atoms with Gasteiger partial charge in [0.25, 0.3) is 0 Å². The number of carbonyl (C=O) groups is 5. The van der Waals surface area contributed by atoms with Crippen molar-refractivity contribution in [2.45, 2.75) is 71.1 Å². The molecule has 0 aromatic heterocycles. The van der Waals surface area contributed by atoms with Crippen LogP contribution in [-0.2, 0) is 30.4 Å². The van der Waals surface area contributed by atoms with Crippen molar-refractivity contribution < 1.29 is 29.1 Å². The third-order valence-electron chi connectivity index (χ3n) is 5.70. The first-order valence-electron chi connectivity index (χ1n) is 11.6. The first-order valence-corrected chi connectivity index (χ1v) is 11.6. The zero-order chi connectivity index (χ0) is 26.7. The van der Waals surface area contributed by atoms with E-state index in [1.165, 1.54) is 0 Å². The van der Waals surface area contributed by atoms with Gasteiger partial charge in [-0.2, -0.15) is 0 Å². The molecule has 0 bridgehead atoms. The molecule has 194 valence electrons. The van der Waals surface area contributed by atoms with E-state index in [2.05, 4.69) is 16.0 Å². The maximum atomic E-state index is 13.1. The Balaban J connectivity index is 2.99. The fourth-order valence-electron chi connectivity index (χ4n) is 3.36. The molecule has 5 unspecified atom stereocenters. The van der Waals surface area contributed by atoms with Crippen molar-refractivity contribution in [1.29, 1.82) is 0 Å². The lowest BCUT2D eigenvalue weighted by atomic mass is 9.96. The first kappa shape index (κ1) is 29.6. The van der Waals surface area contributed by atoms with Crippen LogP contribution in [0.15, 0.2) is 30.3 Å². The molecule has 0 fully saturated rings. The van der Waals surface area contributed by atoms with Gasteiger partial charge in [0.2, 0.25) is 23.6 Å². The topological polar surface area (TPSA) is 194 Å². The summed E-state index contributed by atoms with van der Waals surface area (Å²) in [5, 5.41) is 16.7. The molecular formula is C24H37N5O6. The van der Waals surface area contributed by atoms with Crippen LogP contribution in [0.2, 0.25) is 0 Å². The van der Waals surface area contributed by atoms with Crippen LogP contribution in [0.25, 0.3) is 0 Å². The number of nitrogens with one attached hydrogen (secondary N) is 3. The van der Waals surface area contributed by atoms with Gasteiger partial charge in [0.1, 0.15) is 18.1 Å². The molecule has 0 aliphatic rings. The summed E-state index contributed by atoms with van der Waals surface area (Å²) in [4.78, 5) is 61.5. The number of hydrogen-bond donors (Lipinski definition) is 6. The number of nitrogens with two attached hydrogens (primary N) is 2. The summed E-state index contributed by atoms with van der Waals surface area (Å²) in [5.74, 6) is -5.02. The van der Waals surface area contributed by atoms with Crippen molar-refractivity contribution >= 4 is 29.6 Å². The second-order valence-corrected chi connectivity index (χ2v) is 8.97. The number of aliphatic carboxylic acids is 1. The molecule has 1 aromatic rings. The number of benzene rings is 1. The minimum absolute atomic E-state index is 0.264. The monoisotopic (exact) mass is 491 g/mol. The predicted molar refractivity (Wildman–Crippen MR) is 130 cm³/mol. The quantitative estimate of drug-likeness (QED) is 0.205. The van der Waals surface area contributed by atoms with Gasteiger partial charge in [0.15, 0.2) is 0 Å². The number of rotatable bonds is 14. The van der Waals surface area contributed by atoms with E-state index in [0.717, 1.165) is 5.56 Å². The van der Waals surface area contributed by atoms with Crippen LogP contribution in [0.5, 0.6) is 0 Å². The molecule has 0 aliphatic carbocycles. The van der Waals surface area contributed by atoms with Crippen molar-refractivity contribution in [3.8, 4) is 0 Å². The average molecular weight is 492 g/mol. The van der Waals surface area contributed by atoms with Crippen LogP contribution in [0.1, 0.15) is 46.1 Å². The van der Waals surface area contributed by atoms with Crippen LogP contribution < -0.4 is 27.4 Å². The third-order valence-corrected chi connectivity index (χ3v) is 5.70. The van der Waals surface area contributed by atoms with E-state index in [-0.39, 0.29) is 12.3 Å². The maximum Gasteiger partial charge on any atom is 0.326 e. The highest BCUT2D eigenvalue weighted by atomic mass is 16.4. The van der Waals surface area contributed by atoms with Crippen molar-refractivity contribution in [3.05, 3.63) is 35.9 Å². The molecule has 0 saturated heterocycles. The van der Waals surface area contributed by atoms with Crippen LogP contribution >= 0.6 is 0 Å². The van der Waals surface area contributed by atoms with Gasteiger partial charge >= 0.3 is 5.97 Å². The van der Waals surface area contributed by atoms with E-state index in [9.17, 15) is 29.1 Å². The Morgan fingerprint density at radius 1 is 0.886 bits per heavy atom. The minimum atomic E-state index is -1.41. The Labute approximate surface area is 205 Å². The van der Waals surface area contributed by atoms with Crippen molar-refractivity contribution in [3.63, 3.8) is 0 Å². The minimum Gasteiger partial charge on any atom is -0.480 e. The lowest BCUT2D eigenvalue weighted by molar-refractivity contribution is -0.143. The molecule has 5 atom stereocenters. The van der Waals surface area contributed by atoms with Crippen LogP contribution in [0.3, 0.4) is 0 Å². The lowest BCUT2D eigenvalue weighted by Crippen LogP contribution is -2.59. The Hall–Kier alpha value is -3.47. The first-order chi connectivity index (χ1) is 16.4. The second-order valence-electron chi connectivity index (χ2n) is 8.97. The Morgan fingerprint density at radius 3 is 1.94 bits per heavy atom. The summed E-state index contributed by atoms with van der Waals surface area (Å²) < 4.78 is 0. The molecule has 0 aliphatic heterocycles. The molecule has 0 radical (unpaired) electrons. The smallest absolute Gasteiger partial charge is 0.326 e. The lowest BCUT2D eigenvalue weighted by Gasteiger charge is -2.28. The molecule has 0 heterocycles. The van der Waals surface area contributed by atoms with Gasteiger partial charge in [0, 0.05) is 0 Å². The molecule has 4 amide bonds. The summed E-state index contributed by atoms with van der Waals surface area (Å²) in [7, 11) is 0. The zero-order valence-corrected chi connectivity index (χ0v) is 20.6. The molecule has 0 spiro atoms. The molecule has 8 N–H and O–H groups in total. The van der Waals surface area contributed by atoms with E-state index >= 15 is 0 Å². The van der Waals surface area contributed by atoms with Crippen LogP contribution in [0.4, 0.5) is 0 Å². The highest BCUT2D eigenvalue weighted by Crippen LogP contribution is 2.11. The number of amides is 4. The zero-order valence-electron chi connectivity index (χ0n) is 20.6. The van der Waals surface area contributed by atoms with Crippen LogP contribution in [-0.4, -0.2) is 58.9 Å². The summed E-state index contributed by atoms with van der Waals surface area (Å²) in [5.41, 5.74) is 12.1. The van der Waals surface area contributed by atoms with E-state index in [1.54, 1.807) is 20.8 Å². The largest absolute Gasteiger partial charge is 0.480 e. The van der Waals surface area contributed by atoms with Gasteiger partial charge in [-0.05, 0) is 23.8 Å². The highest BCUT2D eigenvalue weighted by Gasteiger charge is 2.33. The van der Waals surface area contributed by atoms with E-state index < -0.39 is 66.1 Å². The SMILES string of the molecule is CCC(C)C(NC(=O)C(N)Cc1ccccc1)C(=O)NC(CC(N)=O)C(=O)NC(C(=O)O)C(C)C. The molecule has 35 heavy (non-hydrogen) atoms. The van der Waals surface area contributed by atoms with Gasteiger partial charge in [-0.1, -0.05) is 64.4 Å². The number of carbonyl (C=O) groups excluding carboxylic acids is 4. The molecule has 11 heteroatoms. The number of hydrogen-bond acceptors (Lipinski definition) is 6. The summed E-state index contributed by atoms with van der Waals surface area (Å²) in [6.07, 6.45) is 0.240. The Kier molecular flexibility index (Phi) is 11.9. The molecular weight excluding hydrogens is 454 g/mol. The summed E-state index contributed by atoms with van der Waals surface area (Å²) in [6, 6.07) is 4.57. The van der Waals surface area contributed by atoms with Gasteiger partial charge in [-0.15, -0.1) is 0 Å². The van der Waals surface area contributed by atoms with Gasteiger partial charge in [-0.25, -0.2) is 4.79 Å². The van der Waals surface area contributed by atoms with Crippen molar-refractivity contribution in [2.24, 2.45) is 23.3 Å². The number of primary amides is 1. The maximum absolute atomic E-state index is 13.1. The van der Waals surface area contributed by atoms with Crippen LogP contribution in [0, 0.1) is 11.8 Å². The fraction of sp³-hybridized carbons (Fsp3) is 0.542. The molecule has 1 aromatic carbocycles. The number of carboxylic acid groups (broad SMARTS) is 1. The van der Waals surface area contributed by atoms with E-state index in [4.69, 9.17) is 11.5 Å². The van der Waals surface area contributed by atoms with Gasteiger partial charge < -0.3 is 32.5 Å². The molecule has 1 rings (SSSR count). The fourth-order valence-corrected chi connectivity index (χ4v) is 3.36. The molecule has 0 saturated carbocycles. The number of carboxylic acids is 1. The van der Waals surface area contributed by atoms with Gasteiger partial charge in [-0.3, -0.25) is 19.2 Å². The highest BCUT2D eigenvalue weighted by molar-refractivity contribution is 5.96. The standard InChI is InChI=1S/C24H37N5O6/c1-5-14(4)20(29-21(31)16(25)11-15-9-7-6-8-10-15)23(33)27-17(12-18(26)30)22(32)28-19(13(2)3)24(34)35/h6-10,13-14,16-17,19-20H,5,11-12,25H2,1-4H3,(H2,26,30)(H,27,33)(H,28,32)(H,29,31)(H,34,35). The van der Waals surface area contributed by atoms with Crippen molar-refractivity contribution in [2.75, 3.05) is 0 Å². The van der Waals surface area contributed by atoms with E-state index in [0.29, 0.717) is 6.42 Å². The van der Waals surface area contributed by atoms with Gasteiger partial charge in [0.05, 0.1) is 12.5 Å². The summed E-state index contributed by atoms with van der Waals surface area (Å²) in [6.45, 7) is 6.78. The average Bonchev–Trinajstić information content (AvgIpc) is 2.79. The Bertz CT molecular complexity index is 892. The third kappa shape index (κ3) is 9.73. The van der Waals surface area contributed by atoms with E-state index in [1.807, 2.05) is 37.3 Å². The van der Waals surface area contributed by atoms with Crippen molar-refractivity contribution in [1.82, 2.24) is 16.0 Å². The Morgan fingerprint density at radius 2 is 1.46 bits per heavy atom. The second kappa shape index (κ2) is 14.1. The normalized spacial score (nSPS) is 15.3.